The molecule has 2 aromatic carbocycles. The summed E-state index contributed by atoms with van der Waals surface area (Å²) in [4.78, 5) is 7.78. The lowest BCUT2D eigenvalue weighted by Gasteiger charge is -2.02. The molecule has 2 heterocycles. The highest BCUT2D eigenvalue weighted by molar-refractivity contribution is 5.99. The number of allylic oxidation sites excluding steroid dienone is 2. The Bertz CT molecular complexity index is 1330. The summed E-state index contributed by atoms with van der Waals surface area (Å²) in [7, 11) is 0. The summed E-state index contributed by atoms with van der Waals surface area (Å²) in [6.07, 6.45) is 9.05. The Morgan fingerprint density at radius 2 is 1.67 bits per heavy atom. The van der Waals surface area contributed by atoms with Gasteiger partial charge in [0.2, 0.25) is 0 Å². The zero-order chi connectivity index (χ0) is 21.1. The maximum Gasteiger partial charge on any atom is 0.141 e. The molecule has 0 unspecified atom stereocenters. The Kier molecular flexibility index (Phi) is 5.13. The molecule has 6 heteroatoms. The normalized spacial score (nSPS) is 11.7. The number of nitrogens with one attached hydrogen (secondary N) is 3. The van der Waals surface area contributed by atoms with Gasteiger partial charge in [-0.3, -0.25) is 10.8 Å². The van der Waals surface area contributed by atoms with E-state index in [-0.39, 0.29) is 11.7 Å². The second-order valence-corrected chi connectivity index (χ2v) is 7.04. The number of aromatic nitrogens is 2. The van der Waals surface area contributed by atoms with Crippen molar-refractivity contribution in [1.29, 1.82) is 10.8 Å². The van der Waals surface area contributed by atoms with Crippen LogP contribution >= 0.6 is 0 Å². The minimum absolute atomic E-state index is 0.0301. The van der Waals surface area contributed by atoms with Gasteiger partial charge in [-0.25, -0.2) is 4.98 Å². The quantitative estimate of drug-likeness (QED) is 0.245. The van der Waals surface area contributed by atoms with E-state index < -0.39 is 0 Å². The van der Waals surface area contributed by atoms with Crippen LogP contribution in [0.5, 0.6) is 0 Å². The monoisotopic (exact) mass is 394 g/mol. The topological polar surface area (TPSA) is 128 Å². The average molecular weight is 394 g/mol. The maximum absolute atomic E-state index is 7.55. The number of pyridine rings is 1. The molecule has 0 atom stereocenters. The molecule has 148 valence electrons. The summed E-state index contributed by atoms with van der Waals surface area (Å²) in [5, 5.41) is 17.1. The molecule has 0 spiro atoms. The number of nitrogens with two attached hydrogens (primary N) is 2. The van der Waals surface area contributed by atoms with Crippen molar-refractivity contribution >= 4 is 45.6 Å². The van der Waals surface area contributed by atoms with Crippen LogP contribution < -0.4 is 11.5 Å². The molecule has 0 saturated heterocycles. The second kappa shape index (κ2) is 8.05. The summed E-state index contributed by atoms with van der Waals surface area (Å²) in [5.74, 6) is 0.0409. The van der Waals surface area contributed by atoms with Crippen LogP contribution in [0.4, 0.5) is 0 Å². The van der Waals surface area contributed by atoms with E-state index in [0.29, 0.717) is 5.69 Å². The summed E-state index contributed by atoms with van der Waals surface area (Å²) in [6.45, 7) is 0. The van der Waals surface area contributed by atoms with Gasteiger partial charge in [0.05, 0.1) is 5.52 Å². The molecule has 0 aliphatic rings. The molecule has 0 amide bonds. The number of fused-ring (bicyclic) bond motifs is 2. The first-order chi connectivity index (χ1) is 14.5. The molecule has 7 N–H and O–H groups in total. The van der Waals surface area contributed by atoms with Crippen LogP contribution in [0.25, 0.3) is 34.0 Å². The predicted octanol–water partition coefficient (Wildman–Crippen LogP) is 4.40. The Morgan fingerprint density at radius 3 is 2.47 bits per heavy atom. The lowest BCUT2D eigenvalue weighted by molar-refractivity contribution is 1.31. The first kappa shape index (κ1) is 19.1. The highest BCUT2D eigenvalue weighted by atomic mass is 14.8. The Hall–Kier alpha value is -4.19. The number of aromatic amines is 1. The Balaban J connectivity index is 1.44. The highest BCUT2D eigenvalue weighted by Crippen LogP contribution is 2.19. The maximum atomic E-state index is 7.55. The minimum Gasteiger partial charge on any atom is -0.384 e. The van der Waals surface area contributed by atoms with Crippen LogP contribution in [0.2, 0.25) is 0 Å². The van der Waals surface area contributed by atoms with Gasteiger partial charge in [-0.1, -0.05) is 36.4 Å². The van der Waals surface area contributed by atoms with Gasteiger partial charge in [0, 0.05) is 27.5 Å². The van der Waals surface area contributed by atoms with Crippen LogP contribution in [-0.4, -0.2) is 21.6 Å². The average Bonchev–Trinajstić information content (AvgIpc) is 3.14. The van der Waals surface area contributed by atoms with E-state index in [0.717, 1.165) is 45.0 Å². The fraction of sp³-hybridized carbons (Fsp3) is 0.0417. The molecule has 0 bridgehead atoms. The fourth-order valence-electron chi connectivity index (χ4n) is 3.28. The first-order valence-corrected chi connectivity index (χ1v) is 9.55. The van der Waals surface area contributed by atoms with Crippen LogP contribution in [0, 0.1) is 10.8 Å². The third kappa shape index (κ3) is 4.12. The third-order valence-corrected chi connectivity index (χ3v) is 4.82. The minimum atomic E-state index is -0.0301. The molecule has 6 nitrogen and oxygen atoms in total. The number of nitrogens with zero attached hydrogens (tertiary/aromatic N) is 1. The van der Waals surface area contributed by atoms with Crippen molar-refractivity contribution in [3.05, 3.63) is 89.3 Å². The fourth-order valence-corrected chi connectivity index (χ4v) is 3.28. The van der Waals surface area contributed by atoms with Crippen molar-refractivity contribution in [3.8, 4) is 0 Å². The van der Waals surface area contributed by atoms with Gasteiger partial charge >= 0.3 is 0 Å². The second-order valence-electron chi connectivity index (χ2n) is 7.04. The summed E-state index contributed by atoms with van der Waals surface area (Å²) in [6, 6.07) is 17.5. The molecule has 4 rings (SSSR count). The van der Waals surface area contributed by atoms with Gasteiger partial charge in [0.15, 0.2) is 0 Å². The number of hydrogen-bond donors (Lipinski definition) is 5. The molecule has 0 radical (unpaired) electrons. The molecular weight excluding hydrogens is 372 g/mol. The molecule has 0 fully saturated rings. The van der Waals surface area contributed by atoms with E-state index in [1.165, 1.54) is 0 Å². The number of benzene rings is 2. The van der Waals surface area contributed by atoms with Gasteiger partial charge < -0.3 is 16.5 Å². The summed E-state index contributed by atoms with van der Waals surface area (Å²) >= 11 is 0. The van der Waals surface area contributed by atoms with Crippen molar-refractivity contribution in [2.24, 2.45) is 11.5 Å². The van der Waals surface area contributed by atoms with Gasteiger partial charge in [-0.15, -0.1) is 0 Å². The van der Waals surface area contributed by atoms with E-state index in [4.69, 9.17) is 22.3 Å². The van der Waals surface area contributed by atoms with E-state index in [1.807, 2.05) is 54.6 Å². The van der Waals surface area contributed by atoms with Gasteiger partial charge in [-0.2, -0.15) is 0 Å². The Labute approximate surface area is 174 Å². The van der Waals surface area contributed by atoms with Crippen molar-refractivity contribution < 1.29 is 0 Å². The predicted molar refractivity (Wildman–Crippen MR) is 125 cm³/mol. The number of amidine groups is 2. The molecule has 2 aromatic heterocycles. The van der Waals surface area contributed by atoms with Crippen LogP contribution in [0.15, 0.2) is 66.7 Å². The molecule has 4 aromatic rings. The van der Waals surface area contributed by atoms with E-state index in [9.17, 15) is 0 Å². The molecule has 0 aliphatic carbocycles. The zero-order valence-electron chi connectivity index (χ0n) is 16.3. The van der Waals surface area contributed by atoms with Crippen molar-refractivity contribution in [1.82, 2.24) is 9.97 Å². The standard InChI is InChI=1S/C24H22N6/c25-23(26)17-9-10-20-18(13-17)14-19(29-20)5-3-1-2-4-15-6-7-16-8-11-21(24(27)28)30-22(16)12-15/h2-14,29H,1H2,(H3,25,26)(H3,27,28)/b4-2+,5-3+. The molecule has 0 aliphatic heterocycles. The number of H-pyrrole nitrogens is 1. The third-order valence-electron chi connectivity index (χ3n) is 4.82. The van der Waals surface area contributed by atoms with Crippen molar-refractivity contribution in [3.63, 3.8) is 0 Å². The number of hydrogen-bond acceptors (Lipinski definition) is 3. The van der Waals surface area contributed by atoms with Gasteiger partial charge in [-0.05, 0) is 54.5 Å². The van der Waals surface area contributed by atoms with Crippen LogP contribution in [0.3, 0.4) is 0 Å². The van der Waals surface area contributed by atoms with Crippen molar-refractivity contribution in [2.45, 2.75) is 6.42 Å². The smallest absolute Gasteiger partial charge is 0.141 e. The molecule has 30 heavy (non-hydrogen) atoms. The van der Waals surface area contributed by atoms with Crippen molar-refractivity contribution in [2.75, 3.05) is 0 Å². The van der Waals surface area contributed by atoms with Gasteiger partial charge in [0.25, 0.3) is 0 Å². The number of rotatable bonds is 6. The van der Waals surface area contributed by atoms with E-state index in [2.05, 4.69) is 28.2 Å². The molecular formula is C24H22N6. The summed E-state index contributed by atoms with van der Waals surface area (Å²) in [5.41, 5.74) is 16.2. The van der Waals surface area contributed by atoms with Gasteiger partial charge in [0.1, 0.15) is 17.4 Å². The lowest BCUT2D eigenvalue weighted by atomic mass is 10.1. The Morgan fingerprint density at radius 1 is 0.867 bits per heavy atom. The lowest BCUT2D eigenvalue weighted by Crippen LogP contribution is -2.12. The first-order valence-electron chi connectivity index (χ1n) is 9.55. The van der Waals surface area contributed by atoms with Crippen LogP contribution in [-0.2, 0) is 0 Å². The summed E-state index contributed by atoms with van der Waals surface area (Å²) < 4.78 is 0. The van der Waals surface area contributed by atoms with E-state index >= 15 is 0 Å². The van der Waals surface area contributed by atoms with E-state index in [1.54, 1.807) is 6.07 Å². The number of nitrogen functional groups attached to an aromatic ring is 2. The molecule has 0 saturated carbocycles. The van der Waals surface area contributed by atoms with Crippen LogP contribution in [0.1, 0.15) is 28.9 Å². The SMILES string of the molecule is N=C(N)c1ccc2[nH]c(/C=C/C/C=C/c3ccc4ccc(C(=N)N)nc4c3)cc2c1. The largest absolute Gasteiger partial charge is 0.384 e. The highest BCUT2D eigenvalue weighted by Gasteiger charge is 2.02. The zero-order valence-corrected chi connectivity index (χ0v) is 16.3.